The second kappa shape index (κ2) is 7.22. The van der Waals surface area contributed by atoms with Crippen molar-refractivity contribution >= 4 is 11.9 Å². The fourth-order valence-electron chi connectivity index (χ4n) is 1.53. The number of esters is 1. The minimum absolute atomic E-state index is 0.144. The van der Waals surface area contributed by atoms with Crippen LogP contribution in [0.4, 0.5) is 0 Å². The summed E-state index contributed by atoms with van der Waals surface area (Å²) in [6, 6.07) is 0. The molecule has 0 bridgehead atoms. The van der Waals surface area contributed by atoms with Crippen LogP contribution in [0.5, 0.6) is 0 Å². The molecule has 0 radical (unpaired) electrons. The lowest BCUT2D eigenvalue weighted by atomic mass is 9.95. The normalized spacial score (nSPS) is 14.2. The number of hydrogen-bond acceptors (Lipinski definition) is 4. The summed E-state index contributed by atoms with van der Waals surface area (Å²) in [6.45, 7) is 2.06. The third-order valence-corrected chi connectivity index (χ3v) is 2.59. The largest absolute Gasteiger partial charge is 0.479 e. The first-order valence-electron chi connectivity index (χ1n) is 5.42. The molecule has 0 fully saturated rings. The number of hydrogen-bond donors (Lipinski definition) is 1. The van der Waals surface area contributed by atoms with E-state index in [9.17, 15) is 9.59 Å². The molecule has 0 rings (SSSR count). The van der Waals surface area contributed by atoms with Gasteiger partial charge in [-0.2, -0.15) is 0 Å². The minimum atomic E-state index is -1.84. The van der Waals surface area contributed by atoms with Crippen molar-refractivity contribution in [3.05, 3.63) is 0 Å². The number of ether oxygens (including phenoxy) is 2. The van der Waals surface area contributed by atoms with Crippen molar-refractivity contribution < 1.29 is 24.2 Å². The second-order valence-electron chi connectivity index (χ2n) is 3.64. The molecule has 0 aromatic rings. The van der Waals surface area contributed by atoms with Crippen LogP contribution in [0.2, 0.25) is 0 Å². The molecule has 0 heterocycles. The third-order valence-electron chi connectivity index (χ3n) is 2.59. The van der Waals surface area contributed by atoms with Crippen LogP contribution in [-0.2, 0) is 19.1 Å². The average Bonchev–Trinajstić information content (AvgIpc) is 2.28. The smallest absolute Gasteiger partial charge is 0.350 e. The van der Waals surface area contributed by atoms with Gasteiger partial charge in [-0.05, 0) is 12.8 Å². The summed E-state index contributed by atoms with van der Waals surface area (Å²) in [5.41, 5.74) is -1.84. The van der Waals surface area contributed by atoms with Crippen LogP contribution in [0.25, 0.3) is 0 Å². The average molecular weight is 232 g/mol. The molecule has 0 amide bonds. The molecule has 0 saturated heterocycles. The zero-order valence-electron chi connectivity index (χ0n) is 10.1. The highest BCUT2D eigenvalue weighted by Crippen LogP contribution is 2.21. The summed E-state index contributed by atoms with van der Waals surface area (Å²) >= 11 is 0. The maximum Gasteiger partial charge on any atom is 0.350 e. The maximum atomic E-state index is 11.4. The zero-order valence-corrected chi connectivity index (χ0v) is 10.1. The maximum absolute atomic E-state index is 11.4. The zero-order chi connectivity index (χ0) is 12.6. The number of carboxylic acids is 1. The lowest BCUT2D eigenvalue weighted by molar-refractivity contribution is -0.183. The molecule has 1 N–H and O–H groups in total. The van der Waals surface area contributed by atoms with E-state index in [-0.39, 0.29) is 6.42 Å². The van der Waals surface area contributed by atoms with Gasteiger partial charge in [-0.25, -0.2) is 9.59 Å². The van der Waals surface area contributed by atoms with Crippen LogP contribution < -0.4 is 0 Å². The summed E-state index contributed by atoms with van der Waals surface area (Å²) < 4.78 is 9.34. The monoisotopic (exact) mass is 232 g/mol. The van der Waals surface area contributed by atoms with E-state index >= 15 is 0 Å². The van der Waals surface area contributed by atoms with Crippen molar-refractivity contribution in [2.75, 3.05) is 14.2 Å². The lowest BCUT2D eigenvalue weighted by Gasteiger charge is -2.24. The van der Waals surface area contributed by atoms with Crippen LogP contribution in [0.15, 0.2) is 0 Å². The Balaban J connectivity index is 4.53. The fraction of sp³-hybridized carbons (Fsp3) is 0.818. The third kappa shape index (κ3) is 3.48. The van der Waals surface area contributed by atoms with E-state index < -0.39 is 17.5 Å². The molecule has 0 aromatic carbocycles. The van der Waals surface area contributed by atoms with E-state index in [1.165, 1.54) is 7.11 Å². The molecule has 0 saturated carbocycles. The van der Waals surface area contributed by atoms with Crippen LogP contribution in [0.1, 0.15) is 39.0 Å². The van der Waals surface area contributed by atoms with Crippen molar-refractivity contribution in [1.29, 1.82) is 0 Å². The first kappa shape index (κ1) is 14.9. The van der Waals surface area contributed by atoms with Gasteiger partial charge in [-0.3, -0.25) is 0 Å². The van der Waals surface area contributed by atoms with Gasteiger partial charge in [0.2, 0.25) is 0 Å². The minimum Gasteiger partial charge on any atom is -0.479 e. The number of carboxylic acid groups (broad SMARTS) is 1. The first-order valence-corrected chi connectivity index (χ1v) is 5.42. The molecule has 16 heavy (non-hydrogen) atoms. The standard InChI is InChI=1S/C11H20O5/c1-4-5-6-7-8-11(16-3,9(12)13)10(14)15-2/h4-8H2,1-3H3,(H,12,13). The van der Waals surface area contributed by atoms with Crippen molar-refractivity contribution in [1.82, 2.24) is 0 Å². The Kier molecular flexibility index (Phi) is 6.72. The Hall–Kier alpha value is -1.10. The molecule has 0 aliphatic heterocycles. The van der Waals surface area contributed by atoms with Crippen molar-refractivity contribution in [3.63, 3.8) is 0 Å². The molecule has 0 aliphatic rings. The van der Waals surface area contributed by atoms with E-state index in [0.29, 0.717) is 6.42 Å². The molecule has 1 unspecified atom stereocenters. The Bertz CT molecular complexity index is 239. The van der Waals surface area contributed by atoms with Crippen LogP contribution >= 0.6 is 0 Å². The van der Waals surface area contributed by atoms with Crippen molar-refractivity contribution in [2.45, 2.75) is 44.6 Å². The summed E-state index contributed by atoms with van der Waals surface area (Å²) in [5, 5.41) is 9.06. The molecular formula is C11H20O5. The lowest BCUT2D eigenvalue weighted by Crippen LogP contribution is -2.49. The van der Waals surface area contributed by atoms with Crippen molar-refractivity contribution in [2.24, 2.45) is 0 Å². The number of aliphatic carboxylic acids is 1. The number of carbonyl (C=O) groups is 2. The summed E-state index contributed by atoms with van der Waals surface area (Å²) in [5.74, 6) is -2.14. The van der Waals surface area contributed by atoms with Crippen LogP contribution in [-0.4, -0.2) is 36.9 Å². The second-order valence-corrected chi connectivity index (χ2v) is 3.64. The molecule has 5 heteroatoms. The molecular weight excluding hydrogens is 212 g/mol. The molecule has 0 spiro atoms. The number of unbranched alkanes of at least 4 members (excludes halogenated alkanes) is 3. The predicted molar refractivity (Wildman–Crippen MR) is 58.2 cm³/mol. The highest BCUT2D eigenvalue weighted by Gasteiger charge is 2.47. The van der Waals surface area contributed by atoms with E-state index in [4.69, 9.17) is 9.84 Å². The summed E-state index contributed by atoms with van der Waals surface area (Å²) in [4.78, 5) is 22.5. The number of methoxy groups -OCH3 is 2. The molecule has 0 aliphatic carbocycles. The summed E-state index contributed by atoms with van der Waals surface area (Å²) in [6.07, 6.45) is 3.71. The first-order chi connectivity index (χ1) is 7.55. The van der Waals surface area contributed by atoms with E-state index in [1.807, 2.05) is 0 Å². The van der Waals surface area contributed by atoms with Gasteiger partial charge >= 0.3 is 11.9 Å². The number of rotatable bonds is 8. The molecule has 0 aromatic heterocycles. The topological polar surface area (TPSA) is 72.8 Å². The predicted octanol–water partition coefficient (Wildman–Crippen LogP) is 1.60. The van der Waals surface area contributed by atoms with Gasteiger partial charge in [0.1, 0.15) is 0 Å². The Morgan fingerprint density at radius 3 is 2.19 bits per heavy atom. The Labute approximate surface area is 95.7 Å². The van der Waals surface area contributed by atoms with Crippen molar-refractivity contribution in [3.8, 4) is 0 Å². The van der Waals surface area contributed by atoms with Gasteiger partial charge in [-0.1, -0.05) is 26.2 Å². The molecule has 5 nitrogen and oxygen atoms in total. The van der Waals surface area contributed by atoms with E-state index in [0.717, 1.165) is 26.4 Å². The van der Waals surface area contributed by atoms with Gasteiger partial charge in [0, 0.05) is 7.11 Å². The highest BCUT2D eigenvalue weighted by atomic mass is 16.6. The van der Waals surface area contributed by atoms with Gasteiger partial charge in [0.05, 0.1) is 7.11 Å². The van der Waals surface area contributed by atoms with Gasteiger partial charge in [0.15, 0.2) is 0 Å². The SMILES string of the molecule is CCCCCCC(OC)(C(=O)O)C(=O)OC. The number of carbonyl (C=O) groups excluding carboxylic acids is 1. The summed E-state index contributed by atoms with van der Waals surface area (Å²) in [7, 11) is 2.37. The Morgan fingerprint density at radius 1 is 1.19 bits per heavy atom. The fourth-order valence-corrected chi connectivity index (χ4v) is 1.53. The van der Waals surface area contributed by atoms with Crippen LogP contribution in [0.3, 0.4) is 0 Å². The Morgan fingerprint density at radius 2 is 1.81 bits per heavy atom. The quantitative estimate of drug-likeness (QED) is 0.391. The van der Waals surface area contributed by atoms with Gasteiger partial charge < -0.3 is 14.6 Å². The highest BCUT2D eigenvalue weighted by molar-refractivity contribution is 6.02. The molecule has 94 valence electrons. The molecule has 1 atom stereocenters. The van der Waals surface area contributed by atoms with E-state index in [2.05, 4.69) is 11.7 Å². The van der Waals surface area contributed by atoms with E-state index in [1.54, 1.807) is 0 Å². The van der Waals surface area contributed by atoms with Crippen LogP contribution in [0, 0.1) is 0 Å². The van der Waals surface area contributed by atoms with Gasteiger partial charge in [0.25, 0.3) is 5.60 Å². The van der Waals surface area contributed by atoms with Gasteiger partial charge in [-0.15, -0.1) is 0 Å².